The van der Waals surface area contributed by atoms with Crippen molar-refractivity contribution in [3.63, 3.8) is 0 Å². The fourth-order valence-electron chi connectivity index (χ4n) is 3.92. The van der Waals surface area contributed by atoms with E-state index in [1.165, 1.54) is 4.90 Å². The average molecular weight is 513 g/mol. The molecule has 34 heavy (non-hydrogen) atoms. The number of halogens is 1. The van der Waals surface area contributed by atoms with Crippen molar-refractivity contribution >= 4 is 44.7 Å². The molecule has 5 rings (SSSR count). The molecule has 5 nitrogen and oxygen atoms in total. The zero-order valence-electron chi connectivity index (χ0n) is 18.2. The Hall–Kier alpha value is -3.90. The summed E-state index contributed by atoms with van der Waals surface area (Å²) in [6, 6.07) is 28.7. The second-order valence-corrected chi connectivity index (χ2v) is 8.89. The molecule has 1 heterocycles. The number of nitrogens with one attached hydrogen (secondary N) is 1. The highest BCUT2D eigenvalue weighted by Crippen LogP contribution is 2.32. The lowest BCUT2D eigenvalue weighted by Crippen LogP contribution is -2.30. The van der Waals surface area contributed by atoms with Gasteiger partial charge in [0.05, 0.1) is 6.54 Å². The highest BCUT2D eigenvalue weighted by Gasteiger charge is 2.33. The largest absolute Gasteiger partial charge is 0.488 e. The Bertz CT molecular complexity index is 1400. The summed E-state index contributed by atoms with van der Waals surface area (Å²) in [6.45, 7) is 0.591. The average Bonchev–Trinajstić information content (AvgIpc) is 3.12. The van der Waals surface area contributed by atoms with Gasteiger partial charge in [-0.05, 0) is 46.2 Å². The fourth-order valence-corrected chi connectivity index (χ4v) is 4.18. The normalized spacial score (nSPS) is 14.6. The molecule has 1 N–H and O–H groups in total. The van der Waals surface area contributed by atoms with Crippen LogP contribution in [0, 0.1) is 0 Å². The number of urea groups is 1. The lowest BCUT2D eigenvalue weighted by molar-refractivity contribution is -0.123. The Kier molecular flexibility index (Phi) is 6.14. The van der Waals surface area contributed by atoms with Gasteiger partial charge in [-0.15, -0.1) is 0 Å². The monoisotopic (exact) mass is 512 g/mol. The molecule has 6 heteroatoms. The van der Waals surface area contributed by atoms with Crippen molar-refractivity contribution in [3.05, 3.63) is 118 Å². The number of carbonyl (C=O) groups excluding carboxylic acids is 2. The number of amides is 3. The lowest BCUT2D eigenvalue weighted by atomic mass is 10.0. The number of rotatable bonds is 6. The summed E-state index contributed by atoms with van der Waals surface area (Å²) in [6.07, 6.45) is 1.71. The van der Waals surface area contributed by atoms with E-state index in [0.29, 0.717) is 12.4 Å². The molecule has 0 aliphatic carbocycles. The number of fused-ring (bicyclic) bond motifs is 1. The third kappa shape index (κ3) is 4.58. The van der Waals surface area contributed by atoms with E-state index in [1.807, 2.05) is 91.0 Å². The number of nitrogens with zero attached hydrogens (tertiary/aromatic N) is 1. The van der Waals surface area contributed by atoms with Gasteiger partial charge in [0.15, 0.2) is 0 Å². The molecule has 0 atom stereocenters. The zero-order chi connectivity index (χ0) is 23.5. The van der Waals surface area contributed by atoms with Gasteiger partial charge in [-0.3, -0.25) is 9.69 Å². The van der Waals surface area contributed by atoms with E-state index in [0.717, 1.165) is 31.9 Å². The Labute approximate surface area is 205 Å². The molecule has 3 amide bonds. The molecule has 0 spiro atoms. The molecule has 168 valence electrons. The maximum absolute atomic E-state index is 13.1. The number of imide groups is 1. The first-order chi connectivity index (χ1) is 16.6. The van der Waals surface area contributed by atoms with Gasteiger partial charge in [-0.25, -0.2) is 4.79 Å². The van der Waals surface area contributed by atoms with Gasteiger partial charge < -0.3 is 10.1 Å². The molecule has 1 fully saturated rings. The summed E-state index contributed by atoms with van der Waals surface area (Å²) in [4.78, 5) is 26.9. The van der Waals surface area contributed by atoms with Gasteiger partial charge in [0, 0.05) is 10.0 Å². The van der Waals surface area contributed by atoms with Crippen molar-refractivity contribution in [2.75, 3.05) is 0 Å². The Balaban J connectivity index is 1.48. The zero-order valence-corrected chi connectivity index (χ0v) is 19.8. The first kappa shape index (κ1) is 21.9. The van der Waals surface area contributed by atoms with Crippen LogP contribution in [0.2, 0.25) is 0 Å². The molecule has 0 saturated carbocycles. The van der Waals surface area contributed by atoms with Gasteiger partial charge in [0.25, 0.3) is 5.91 Å². The second kappa shape index (κ2) is 9.53. The smallest absolute Gasteiger partial charge is 0.329 e. The van der Waals surface area contributed by atoms with Crippen molar-refractivity contribution in [3.8, 4) is 5.75 Å². The van der Waals surface area contributed by atoms with E-state index in [-0.39, 0.29) is 18.1 Å². The molecule has 1 aliphatic rings. The first-order valence-electron chi connectivity index (χ1n) is 10.9. The lowest BCUT2D eigenvalue weighted by Gasteiger charge is -2.13. The molecule has 1 saturated heterocycles. The van der Waals surface area contributed by atoms with Crippen molar-refractivity contribution in [2.45, 2.75) is 13.2 Å². The molecule has 4 aromatic carbocycles. The van der Waals surface area contributed by atoms with Crippen LogP contribution in [-0.2, 0) is 17.9 Å². The minimum Gasteiger partial charge on any atom is -0.488 e. The van der Waals surface area contributed by atoms with Crippen LogP contribution in [0.5, 0.6) is 5.75 Å². The summed E-state index contributed by atoms with van der Waals surface area (Å²) in [5.74, 6) is 0.276. The molecular formula is C28H21BrN2O3. The molecule has 0 unspecified atom stereocenters. The van der Waals surface area contributed by atoms with Crippen LogP contribution >= 0.6 is 15.9 Å². The van der Waals surface area contributed by atoms with E-state index in [9.17, 15) is 9.59 Å². The molecule has 0 aromatic heterocycles. The van der Waals surface area contributed by atoms with Gasteiger partial charge in [0.1, 0.15) is 18.1 Å². The van der Waals surface area contributed by atoms with Crippen LogP contribution in [0.4, 0.5) is 4.79 Å². The quantitative estimate of drug-likeness (QED) is 0.244. The summed E-state index contributed by atoms with van der Waals surface area (Å²) in [5, 5.41) is 4.69. The minimum atomic E-state index is -0.433. The number of hydrogen-bond acceptors (Lipinski definition) is 3. The Morgan fingerprint density at radius 1 is 0.824 bits per heavy atom. The van der Waals surface area contributed by atoms with Crippen LogP contribution in [-0.4, -0.2) is 16.8 Å². The maximum Gasteiger partial charge on any atom is 0.329 e. The minimum absolute atomic E-state index is 0.214. The SMILES string of the molecule is O=C1N/C(=C/c2c(OCc3ccc(Br)cc3)ccc3ccccc23)C(=O)N1Cc1ccccc1. The predicted octanol–water partition coefficient (Wildman–Crippen LogP) is 6.27. The predicted molar refractivity (Wildman–Crippen MR) is 136 cm³/mol. The number of hydrogen-bond donors (Lipinski definition) is 1. The van der Waals surface area contributed by atoms with Crippen LogP contribution < -0.4 is 10.1 Å². The van der Waals surface area contributed by atoms with Gasteiger partial charge in [-0.2, -0.15) is 0 Å². The summed E-state index contributed by atoms with van der Waals surface area (Å²) in [5.41, 5.74) is 2.89. The van der Waals surface area contributed by atoms with E-state index >= 15 is 0 Å². The number of benzene rings is 4. The molecule has 0 bridgehead atoms. The molecule has 0 radical (unpaired) electrons. The van der Waals surface area contributed by atoms with Crippen LogP contribution in [0.1, 0.15) is 16.7 Å². The van der Waals surface area contributed by atoms with Gasteiger partial charge >= 0.3 is 6.03 Å². The van der Waals surface area contributed by atoms with Crippen molar-refractivity contribution in [2.24, 2.45) is 0 Å². The number of ether oxygens (including phenoxy) is 1. The highest BCUT2D eigenvalue weighted by atomic mass is 79.9. The molecule has 4 aromatic rings. The van der Waals surface area contributed by atoms with E-state index in [1.54, 1.807) is 6.08 Å². The van der Waals surface area contributed by atoms with Crippen LogP contribution in [0.25, 0.3) is 16.8 Å². The van der Waals surface area contributed by atoms with Crippen molar-refractivity contribution < 1.29 is 14.3 Å². The second-order valence-electron chi connectivity index (χ2n) is 7.98. The summed E-state index contributed by atoms with van der Waals surface area (Å²) in [7, 11) is 0. The maximum atomic E-state index is 13.1. The summed E-state index contributed by atoms with van der Waals surface area (Å²) < 4.78 is 7.17. The van der Waals surface area contributed by atoms with Gasteiger partial charge in [0.2, 0.25) is 0 Å². The van der Waals surface area contributed by atoms with Crippen molar-refractivity contribution in [1.29, 1.82) is 0 Å². The third-order valence-corrected chi connectivity index (χ3v) is 6.20. The fraction of sp³-hybridized carbons (Fsp3) is 0.0714. The Morgan fingerprint density at radius 3 is 2.35 bits per heavy atom. The summed E-state index contributed by atoms with van der Waals surface area (Å²) >= 11 is 3.45. The highest BCUT2D eigenvalue weighted by molar-refractivity contribution is 9.10. The van der Waals surface area contributed by atoms with E-state index in [2.05, 4.69) is 21.2 Å². The molecular weight excluding hydrogens is 492 g/mol. The van der Waals surface area contributed by atoms with E-state index in [4.69, 9.17) is 4.74 Å². The first-order valence-corrected chi connectivity index (χ1v) is 11.7. The topological polar surface area (TPSA) is 58.6 Å². The van der Waals surface area contributed by atoms with Crippen molar-refractivity contribution in [1.82, 2.24) is 10.2 Å². The van der Waals surface area contributed by atoms with Crippen LogP contribution in [0.15, 0.2) is 101 Å². The van der Waals surface area contributed by atoms with Crippen LogP contribution in [0.3, 0.4) is 0 Å². The third-order valence-electron chi connectivity index (χ3n) is 5.67. The molecule has 1 aliphatic heterocycles. The Morgan fingerprint density at radius 2 is 1.56 bits per heavy atom. The standard InChI is InChI=1S/C28H21BrN2O3/c29-22-13-10-20(11-14-22)18-34-26-15-12-21-8-4-5-9-23(21)24(26)16-25-27(32)31(28(33)30-25)17-19-6-2-1-3-7-19/h1-16H,17-18H2,(H,30,33)/b25-16+. The van der Waals surface area contributed by atoms with Gasteiger partial charge in [-0.1, -0.05) is 88.7 Å². The number of carbonyl (C=O) groups is 2. The van der Waals surface area contributed by atoms with E-state index < -0.39 is 6.03 Å².